The van der Waals surface area contributed by atoms with E-state index in [1.54, 1.807) is 6.07 Å². The third-order valence-electron chi connectivity index (χ3n) is 7.68. The highest BCUT2D eigenvalue weighted by Gasteiger charge is 2.23. The number of hydrogen-bond acceptors (Lipinski definition) is 1. The molecule has 170 valence electrons. The van der Waals surface area contributed by atoms with Crippen LogP contribution in [0, 0.1) is 24.1 Å². The number of ether oxygens (including phenoxy) is 1. The van der Waals surface area contributed by atoms with Crippen molar-refractivity contribution in [1.29, 1.82) is 0 Å². The fourth-order valence-corrected chi connectivity index (χ4v) is 4.93. The van der Waals surface area contributed by atoms with E-state index in [0.717, 1.165) is 52.9 Å². The Kier molecular flexibility index (Phi) is 8.19. The third kappa shape index (κ3) is 5.70. The van der Waals surface area contributed by atoms with E-state index in [0.29, 0.717) is 18.1 Å². The Labute approximate surface area is 191 Å². The zero-order valence-electron chi connectivity index (χ0n) is 20.1. The predicted octanol–water partition coefficient (Wildman–Crippen LogP) is 8.68. The third-order valence-corrected chi connectivity index (χ3v) is 8.12. The first kappa shape index (κ1) is 24.2. The van der Waals surface area contributed by atoms with E-state index in [4.69, 9.17) is 4.74 Å². The Bertz CT molecular complexity index is 879. The summed E-state index contributed by atoms with van der Waals surface area (Å²) >= 11 is 0. The van der Waals surface area contributed by atoms with Gasteiger partial charge < -0.3 is 4.74 Å². The monoisotopic (exact) mass is 442 g/mol. The molecule has 0 bridgehead atoms. The fraction of sp³-hybridized carbons (Fsp3) is 0.571. The molecule has 1 nitrogen and oxygen atoms in total. The van der Waals surface area contributed by atoms with Crippen LogP contribution in [0.15, 0.2) is 30.3 Å². The van der Waals surface area contributed by atoms with E-state index in [1.165, 1.54) is 25.7 Å². The van der Waals surface area contributed by atoms with Gasteiger partial charge in [0.05, 0.1) is 6.61 Å². The van der Waals surface area contributed by atoms with Crippen molar-refractivity contribution in [2.45, 2.75) is 85.2 Å². The van der Waals surface area contributed by atoms with Crippen LogP contribution < -0.4 is 4.74 Å². The normalized spacial score (nSPS) is 19.5. The van der Waals surface area contributed by atoms with Crippen molar-refractivity contribution >= 4 is 9.24 Å². The summed E-state index contributed by atoms with van der Waals surface area (Å²) in [5.74, 6) is 2.14. The van der Waals surface area contributed by atoms with Crippen LogP contribution in [0.2, 0.25) is 0 Å². The maximum Gasteiger partial charge on any atom is 0.131 e. The molecule has 0 saturated heterocycles. The summed E-state index contributed by atoms with van der Waals surface area (Å²) in [6.07, 6.45) is 7.83. The maximum atomic E-state index is 15.2. The van der Waals surface area contributed by atoms with Gasteiger partial charge in [0.15, 0.2) is 0 Å². The molecule has 0 N–H and O–H groups in total. The largest absolute Gasteiger partial charge is 0.493 e. The van der Waals surface area contributed by atoms with Crippen molar-refractivity contribution in [3.63, 3.8) is 0 Å². The Morgan fingerprint density at radius 3 is 2.29 bits per heavy atom. The van der Waals surface area contributed by atoms with E-state index in [-0.39, 0.29) is 11.2 Å². The summed E-state index contributed by atoms with van der Waals surface area (Å²) in [5.41, 5.74) is 5.19. The van der Waals surface area contributed by atoms with E-state index in [9.17, 15) is 0 Å². The van der Waals surface area contributed by atoms with Gasteiger partial charge in [0, 0.05) is 11.0 Å². The molecular weight excluding hydrogens is 402 g/mol. The minimum atomic E-state index is -0.105. The van der Waals surface area contributed by atoms with Crippen LogP contribution in [-0.2, 0) is 6.16 Å². The van der Waals surface area contributed by atoms with Crippen LogP contribution >= 0.6 is 9.24 Å². The maximum absolute atomic E-state index is 15.2. The number of hydrogen-bond donors (Lipinski definition) is 0. The minimum absolute atomic E-state index is 0.105. The predicted molar refractivity (Wildman–Crippen MR) is 135 cm³/mol. The van der Waals surface area contributed by atoms with Crippen molar-refractivity contribution < 1.29 is 9.13 Å². The highest BCUT2D eigenvalue weighted by molar-refractivity contribution is 7.15. The van der Waals surface area contributed by atoms with E-state index >= 15 is 4.39 Å². The average molecular weight is 443 g/mol. The molecule has 1 atom stereocenters. The zero-order valence-corrected chi connectivity index (χ0v) is 21.2. The second-order valence-corrected chi connectivity index (χ2v) is 10.4. The molecule has 1 aliphatic rings. The number of halogens is 1. The summed E-state index contributed by atoms with van der Waals surface area (Å²) < 4.78 is 21.5. The highest BCUT2D eigenvalue weighted by atomic mass is 31.0. The average Bonchev–Trinajstić information content (AvgIpc) is 2.78. The molecule has 3 heteroatoms. The minimum Gasteiger partial charge on any atom is -0.493 e. The molecule has 1 fully saturated rings. The second-order valence-electron chi connectivity index (χ2n) is 9.98. The molecule has 2 aromatic rings. The summed E-state index contributed by atoms with van der Waals surface area (Å²) in [5, 5.41) is 0. The van der Waals surface area contributed by atoms with Crippen LogP contribution in [-0.4, -0.2) is 6.61 Å². The lowest BCUT2D eigenvalue weighted by Crippen LogP contribution is -2.23. The SMILES string of the molecule is CCC(C)(CC)COc1cc(C)c(-c2ccc(C3CCC(C)CC3)cc2F)cc1CP. The Morgan fingerprint density at radius 1 is 1.03 bits per heavy atom. The summed E-state index contributed by atoms with van der Waals surface area (Å²) in [6, 6.07) is 10.1. The van der Waals surface area contributed by atoms with Crippen molar-refractivity contribution in [1.82, 2.24) is 0 Å². The van der Waals surface area contributed by atoms with Gasteiger partial charge in [-0.2, -0.15) is 0 Å². The van der Waals surface area contributed by atoms with Gasteiger partial charge >= 0.3 is 0 Å². The second kappa shape index (κ2) is 10.5. The van der Waals surface area contributed by atoms with Gasteiger partial charge in [0.2, 0.25) is 0 Å². The van der Waals surface area contributed by atoms with Crippen molar-refractivity contribution in [2.75, 3.05) is 6.61 Å². The van der Waals surface area contributed by atoms with Gasteiger partial charge in [0.1, 0.15) is 11.6 Å². The van der Waals surface area contributed by atoms with E-state index < -0.39 is 0 Å². The smallest absolute Gasteiger partial charge is 0.131 e. The van der Waals surface area contributed by atoms with E-state index in [2.05, 4.69) is 62.1 Å². The van der Waals surface area contributed by atoms with Crippen molar-refractivity contribution in [3.05, 3.63) is 52.8 Å². The van der Waals surface area contributed by atoms with Gasteiger partial charge in [-0.25, -0.2) is 4.39 Å². The molecule has 1 unspecified atom stereocenters. The summed E-state index contributed by atoms with van der Waals surface area (Å²) in [6.45, 7) is 11.8. The quantitative estimate of drug-likeness (QED) is 0.372. The lowest BCUT2D eigenvalue weighted by molar-refractivity contribution is 0.151. The standard InChI is InChI=1S/C28H40FOP/c1-6-28(5,7-2)18-30-27-14-20(4)25(15-23(27)17-31)24-13-12-22(16-26(24)29)21-10-8-19(3)9-11-21/h12-16,19,21H,6-11,17-18,31H2,1-5H3. The van der Waals surface area contributed by atoms with E-state index in [1.807, 2.05) is 6.07 Å². The Morgan fingerprint density at radius 2 is 1.71 bits per heavy atom. The molecule has 1 saturated carbocycles. The molecule has 2 aromatic carbocycles. The number of rotatable bonds is 8. The van der Waals surface area contributed by atoms with Gasteiger partial charge in [-0.05, 0) is 91.1 Å². The molecule has 0 spiro atoms. The lowest BCUT2D eigenvalue weighted by Gasteiger charge is -2.27. The molecule has 1 aliphatic carbocycles. The Hall–Kier alpha value is -1.40. The molecule has 0 aliphatic heterocycles. The first-order valence-corrected chi connectivity index (χ1v) is 12.9. The van der Waals surface area contributed by atoms with Gasteiger partial charge in [-0.1, -0.05) is 52.7 Å². The van der Waals surface area contributed by atoms with Crippen molar-refractivity contribution in [3.8, 4) is 16.9 Å². The summed E-state index contributed by atoms with van der Waals surface area (Å²) in [7, 11) is 2.79. The molecule has 0 radical (unpaired) electrons. The molecule has 31 heavy (non-hydrogen) atoms. The van der Waals surface area contributed by atoms with Gasteiger partial charge in [-0.15, -0.1) is 9.24 Å². The van der Waals surface area contributed by atoms with Crippen LogP contribution in [0.5, 0.6) is 5.75 Å². The molecule has 3 rings (SSSR count). The molecule has 0 aromatic heterocycles. The van der Waals surface area contributed by atoms with Crippen LogP contribution in [0.25, 0.3) is 11.1 Å². The first-order valence-electron chi connectivity index (χ1n) is 12.1. The zero-order chi connectivity index (χ0) is 22.6. The van der Waals surface area contributed by atoms with Crippen LogP contribution in [0.4, 0.5) is 4.39 Å². The fourth-order valence-electron chi connectivity index (χ4n) is 4.61. The van der Waals surface area contributed by atoms with Gasteiger partial charge in [0.25, 0.3) is 0 Å². The number of benzene rings is 2. The number of aryl methyl sites for hydroxylation is 1. The lowest BCUT2D eigenvalue weighted by atomic mass is 9.79. The van der Waals surface area contributed by atoms with Crippen LogP contribution in [0.1, 0.15) is 88.8 Å². The molecule has 0 heterocycles. The highest BCUT2D eigenvalue weighted by Crippen LogP contribution is 2.39. The van der Waals surface area contributed by atoms with Gasteiger partial charge in [-0.3, -0.25) is 0 Å². The topological polar surface area (TPSA) is 9.23 Å². The summed E-state index contributed by atoms with van der Waals surface area (Å²) in [4.78, 5) is 0. The molecule has 0 amide bonds. The van der Waals surface area contributed by atoms with Crippen LogP contribution in [0.3, 0.4) is 0 Å². The van der Waals surface area contributed by atoms with Crippen molar-refractivity contribution in [2.24, 2.45) is 11.3 Å². The molecular formula is C28H40FOP. The first-order chi connectivity index (χ1) is 14.8. The Balaban J connectivity index is 1.85.